The number of aromatic nitrogens is 2. The van der Waals surface area contributed by atoms with Gasteiger partial charge in [-0.1, -0.05) is 42.5 Å². The van der Waals surface area contributed by atoms with Gasteiger partial charge in [-0.2, -0.15) is 5.01 Å². The average Bonchev–Trinajstić information content (AvgIpc) is 3.46. The number of hydrazine groups is 1. The Bertz CT molecular complexity index is 1360. The molecular weight excluding hydrogens is 522 g/mol. The van der Waals surface area contributed by atoms with Crippen molar-refractivity contribution in [3.05, 3.63) is 66.0 Å². The number of nitrogens with one attached hydrogen (secondary N) is 3. The summed E-state index contributed by atoms with van der Waals surface area (Å²) in [6, 6.07) is 14.1. The van der Waals surface area contributed by atoms with Gasteiger partial charge in [-0.25, -0.2) is 24.4 Å². The van der Waals surface area contributed by atoms with E-state index in [-0.39, 0.29) is 19.6 Å². The topological polar surface area (TPSA) is 189 Å². The minimum absolute atomic E-state index is 0.0301. The van der Waals surface area contributed by atoms with Crippen LogP contribution in [0, 0.1) is 0 Å². The van der Waals surface area contributed by atoms with E-state index < -0.39 is 48.4 Å². The highest BCUT2D eigenvalue weighted by molar-refractivity contribution is 6.05. The van der Waals surface area contributed by atoms with Gasteiger partial charge in [-0.15, -0.1) is 5.48 Å². The molecule has 210 valence electrons. The number of imidazole rings is 1. The number of imide groups is 1. The first kappa shape index (κ1) is 28.0. The molecule has 0 unspecified atom stereocenters. The molecule has 1 aromatic heterocycles. The molecule has 0 spiro atoms. The Morgan fingerprint density at radius 1 is 1.12 bits per heavy atom. The van der Waals surface area contributed by atoms with Gasteiger partial charge in [0.15, 0.2) is 0 Å². The highest BCUT2D eigenvalue weighted by Gasteiger charge is 2.43. The second kappa shape index (κ2) is 12.7. The molecule has 5 amide bonds. The Morgan fingerprint density at radius 2 is 1.85 bits per heavy atom. The zero-order chi connectivity index (χ0) is 28.6. The van der Waals surface area contributed by atoms with Crippen LogP contribution in [-0.4, -0.2) is 68.5 Å². The molecule has 0 radical (unpaired) electrons. The number of fused-ring (bicyclic) bond motifs is 1. The highest BCUT2D eigenvalue weighted by Crippen LogP contribution is 2.17. The van der Waals surface area contributed by atoms with Gasteiger partial charge in [-0.05, 0) is 24.1 Å². The molecule has 14 nitrogen and oxygen atoms in total. The number of benzene rings is 2. The number of H-pyrrole nitrogens is 1. The molecular formula is C26H29N7O7. The van der Waals surface area contributed by atoms with Crippen LogP contribution in [0.3, 0.4) is 0 Å². The van der Waals surface area contributed by atoms with Crippen molar-refractivity contribution in [1.82, 2.24) is 30.8 Å². The van der Waals surface area contributed by atoms with Crippen molar-refractivity contribution in [2.75, 3.05) is 6.54 Å². The van der Waals surface area contributed by atoms with E-state index in [4.69, 9.17) is 10.5 Å². The third kappa shape index (κ3) is 7.11. The SMILES string of the molecule is CC(=O)N(CCC(=O)ONC(=O)OCc1ccccc1)N1C(=O)N[C@@H](C[C@H](N)Cc2nc3ccccc3[nH]2)C1=O. The second-order valence-corrected chi connectivity index (χ2v) is 9.08. The lowest BCUT2D eigenvalue weighted by atomic mass is 10.0. The van der Waals surface area contributed by atoms with Crippen LogP contribution in [-0.2, 0) is 37.0 Å². The average molecular weight is 552 g/mol. The molecule has 40 heavy (non-hydrogen) atoms. The second-order valence-electron chi connectivity index (χ2n) is 9.08. The quantitative estimate of drug-likeness (QED) is 0.212. The molecule has 2 aromatic carbocycles. The Hall–Kier alpha value is -4.98. The highest BCUT2D eigenvalue weighted by atomic mass is 16.7. The number of nitrogens with two attached hydrogens (primary N) is 1. The van der Waals surface area contributed by atoms with Crippen LogP contribution in [0.4, 0.5) is 9.59 Å². The fourth-order valence-corrected chi connectivity index (χ4v) is 4.14. The number of carbonyl (C=O) groups excluding carboxylic acids is 5. The maximum Gasteiger partial charge on any atom is 0.441 e. The normalized spacial score (nSPS) is 15.4. The molecule has 2 heterocycles. The van der Waals surface area contributed by atoms with Crippen LogP contribution >= 0.6 is 0 Å². The number of rotatable bonds is 10. The number of carbonyl (C=O) groups is 5. The number of aromatic amines is 1. The predicted molar refractivity (Wildman–Crippen MR) is 139 cm³/mol. The van der Waals surface area contributed by atoms with Crippen molar-refractivity contribution >= 4 is 40.9 Å². The molecule has 0 saturated carbocycles. The van der Waals surface area contributed by atoms with E-state index in [1.807, 2.05) is 35.8 Å². The summed E-state index contributed by atoms with van der Waals surface area (Å²) in [6.45, 7) is 0.759. The summed E-state index contributed by atoms with van der Waals surface area (Å²) in [5, 5.41) is 4.01. The van der Waals surface area contributed by atoms with Crippen molar-refractivity contribution in [2.45, 2.75) is 44.9 Å². The number of hydroxylamine groups is 1. The van der Waals surface area contributed by atoms with E-state index in [0.717, 1.165) is 28.5 Å². The predicted octanol–water partition coefficient (Wildman–Crippen LogP) is 1.28. The summed E-state index contributed by atoms with van der Waals surface area (Å²) >= 11 is 0. The van der Waals surface area contributed by atoms with Crippen LogP contribution in [0.1, 0.15) is 31.2 Å². The van der Waals surface area contributed by atoms with Crippen molar-refractivity contribution in [1.29, 1.82) is 0 Å². The van der Waals surface area contributed by atoms with Gasteiger partial charge < -0.3 is 25.6 Å². The molecule has 2 atom stereocenters. The molecule has 0 aliphatic carbocycles. The molecule has 14 heteroatoms. The summed E-state index contributed by atoms with van der Waals surface area (Å²) in [6.07, 6.45) is -0.985. The Labute approximate surface area is 228 Å². The van der Waals surface area contributed by atoms with Crippen LogP contribution < -0.4 is 16.5 Å². The van der Waals surface area contributed by atoms with E-state index in [2.05, 4.69) is 20.1 Å². The number of para-hydroxylation sites is 2. The van der Waals surface area contributed by atoms with E-state index in [1.165, 1.54) is 0 Å². The molecule has 1 saturated heterocycles. The zero-order valence-corrected chi connectivity index (χ0v) is 21.7. The number of hydrogen-bond donors (Lipinski definition) is 4. The van der Waals surface area contributed by atoms with Gasteiger partial charge in [0.25, 0.3) is 5.91 Å². The van der Waals surface area contributed by atoms with Crippen molar-refractivity contribution in [2.24, 2.45) is 5.73 Å². The number of nitrogens with zero attached hydrogens (tertiary/aromatic N) is 3. The summed E-state index contributed by atoms with van der Waals surface area (Å²) in [7, 11) is 0. The lowest BCUT2D eigenvalue weighted by molar-refractivity contribution is -0.158. The van der Waals surface area contributed by atoms with E-state index in [0.29, 0.717) is 17.3 Å². The van der Waals surface area contributed by atoms with Gasteiger partial charge in [0, 0.05) is 19.4 Å². The summed E-state index contributed by atoms with van der Waals surface area (Å²) < 4.78 is 4.93. The fourth-order valence-electron chi connectivity index (χ4n) is 4.14. The van der Waals surface area contributed by atoms with Gasteiger partial charge in [0.05, 0.1) is 24.0 Å². The van der Waals surface area contributed by atoms with E-state index in [9.17, 15) is 24.0 Å². The Balaban J connectivity index is 1.25. The number of amides is 5. The van der Waals surface area contributed by atoms with Crippen molar-refractivity contribution in [3.8, 4) is 0 Å². The third-order valence-corrected chi connectivity index (χ3v) is 6.02. The fraction of sp³-hybridized carbons (Fsp3) is 0.308. The molecule has 5 N–H and O–H groups in total. The molecule has 1 aliphatic rings. The largest absolute Gasteiger partial charge is 0.443 e. The van der Waals surface area contributed by atoms with Crippen molar-refractivity contribution in [3.63, 3.8) is 0 Å². The van der Waals surface area contributed by atoms with Crippen LogP contribution in [0.2, 0.25) is 0 Å². The van der Waals surface area contributed by atoms with Crippen LogP contribution in [0.25, 0.3) is 11.0 Å². The maximum absolute atomic E-state index is 13.0. The lowest BCUT2D eigenvalue weighted by Crippen LogP contribution is -2.50. The summed E-state index contributed by atoms with van der Waals surface area (Å²) in [4.78, 5) is 74.0. The molecule has 1 aliphatic heterocycles. The first-order valence-corrected chi connectivity index (χ1v) is 12.5. The zero-order valence-electron chi connectivity index (χ0n) is 21.7. The molecule has 1 fully saturated rings. The smallest absolute Gasteiger partial charge is 0.441 e. The summed E-state index contributed by atoms with van der Waals surface area (Å²) in [5.74, 6) is -1.61. The van der Waals surface area contributed by atoms with Gasteiger partial charge in [-0.3, -0.25) is 9.59 Å². The maximum atomic E-state index is 13.0. The third-order valence-electron chi connectivity index (χ3n) is 6.02. The first-order valence-electron chi connectivity index (χ1n) is 12.5. The summed E-state index contributed by atoms with van der Waals surface area (Å²) in [5.41, 5.74) is 10.5. The number of ether oxygens (including phenoxy) is 1. The Kier molecular flexibility index (Phi) is 8.91. The first-order chi connectivity index (χ1) is 19.2. The molecule has 3 aromatic rings. The number of hydrogen-bond acceptors (Lipinski definition) is 9. The van der Waals surface area contributed by atoms with Crippen LogP contribution in [0.5, 0.6) is 0 Å². The minimum Gasteiger partial charge on any atom is -0.443 e. The van der Waals surface area contributed by atoms with Gasteiger partial charge in [0.1, 0.15) is 18.5 Å². The Morgan fingerprint density at radius 3 is 2.58 bits per heavy atom. The van der Waals surface area contributed by atoms with E-state index in [1.54, 1.807) is 24.3 Å². The van der Waals surface area contributed by atoms with Crippen LogP contribution in [0.15, 0.2) is 54.6 Å². The van der Waals surface area contributed by atoms with Crippen molar-refractivity contribution < 1.29 is 33.5 Å². The van der Waals surface area contributed by atoms with E-state index >= 15 is 0 Å². The monoisotopic (exact) mass is 551 g/mol. The number of urea groups is 1. The standard InChI is InChI=1S/C26H29N7O7/c1-16(34)32(12-11-23(35)40-31-26(38)39-15-17-7-3-2-4-8-17)33-24(36)21(30-25(33)37)13-18(27)14-22-28-19-9-5-6-10-20(19)29-22/h2-10,18,21H,11-15,27H2,1H3,(H,28,29)(H,30,37)(H,31,38)/t18-,21-/m0/s1. The minimum atomic E-state index is -0.989. The molecule has 4 rings (SSSR count). The van der Waals surface area contributed by atoms with Gasteiger partial charge >= 0.3 is 18.1 Å². The molecule has 0 bridgehead atoms. The van der Waals surface area contributed by atoms with Gasteiger partial charge in [0.2, 0.25) is 5.91 Å². The lowest BCUT2D eigenvalue weighted by Gasteiger charge is -2.27.